The summed E-state index contributed by atoms with van der Waals surface area (Å²) in [6.07, 6.45) is 3.42. The van der Waals surface area contributed by atoms with Gasteiger partial charge in [-0.3, -0.25) is 0 Å². The van der Waals surface area contributed by atoms with E-state index in [2.05, 4.69) is 194 Å². The van der Waals surface area contributed by atoms with E-state index >= 15 is 0 Å². The molecule has 2 nitrogen and oxygen atoms in total. The third-order valence-corrected chi connectivity index (χ3v) is 17.1. The van der Waals surface area contributed by atoms with Crippen molar-refractivity contribution in [3.8, 4) is 27.9 Å². The molecule has 0 atom stereocenters. The van der Waals surface area contributed by atoms with Gasteiger partial charge in [-0.25, -0.2) is 0 Å². The van der Waals surface area contributed by atoms with Crippen LogP contribution in [0.5, 0.6) is 0 Å². The molecular formula is C59H55BN2S. The minimum Gasteiger partial charge on any atom is -0.376 e. The summed E-state index contributed by atoms with van der Waals surface area (Å²) in [5, 5.41) is 5.37. The van der Waals surface area contributed by atoms with Crippen molar-refractivity contribution in [2.75, 3.05) is 4.81 Å². The molecule has 4 heteroatoms. The molecule has 0 saturated carbocycles. The van der Waals surface area contributed by atoms with E-state index in [1.807, 2.05) is 11.3 Å². The maximum absolute atomic E-state index is 2.74. The molecule has 9 aromatic rings. The Bertz CT molecular complexity index is 3510. The summed E-state index contributed by atoms with van der Waals surface area (Å²) in [5.74, 6) is 0. The van der Waals surface area contributed by atoms with Crippen molar-refractivity contribution in [2.45, 2.75) is 110 Å². The van der Waals surface area contributed by atoms with Crippen LogP contribution in [0.25, 0.3) is 69.9 Å². The van der Waals surface area contributed by atoms with Crippen molar-refractivity contribution in [1.29, 1.82) is 0 Å². The largest absolute Gasteiger partial charge is 0.376 e. The molecule has 13 rings (SSSR count). The zero-order valence-electron chi connectivity index (χ0n) is 38.5. The van der Waals surface area contributed by atoms with Crippen molar-refractivity contribution in [2.24, 2.45) is 0 Å². The highest BCUT2D eigenvalue weighted by Gasteiger charge is 2.46. The molecule has 0 unspecified atom stereocenters. The van der Waals surface area contributed by atoms with E-state index < -0.39 is 0 Å². The van der Waals surface area contributed by atoms with E-state index in [0.717, 1.165) is 6.42 Å². The van der Waals surface area contributed by atoms with Gasteiger partial charge >= 0.3 is 6.85 Å². The Morgan fingerprint density at radius 1 is 0.540 bits per heavy atom. The SMILES string of the molecule is CC(C)(C)c1ccc(N2B3c4cc(C(C)(C)C)ccc4-n4c5cc6c(cc5c5ccc(c3c54)-c3cc4c(cc32)Cc2cc3c(cc2-4)C(C)(C)CCC3(C)C)sc2ccccc26)cc1. The number of hydrogen-bond acceptors (Lipinski definition) is 2. The Morgan fingerprint density at radius 3 is 1.97 bits per heavy atom. The molecule has 4 aliphatic rings. The summed E-state index contributed by atoms with van der Waals surface area (Å²) in [7, 11) is 0. The van der Waals surface area contributed by atoms with E-state index in [0.29, 0.717) is 0 Å². The third kappa shape index (κ3) is 5.13. The van der Waals surface area contributed by atoms with Crippen LogP contribution in [0.3, 0.4) is 0 Å². The minimum absolute atomic E-state index is 0.00862. The Morgan fingerprint density at radius 2 is 1.22 bits per heavy atom. The fourth-order valence-corrected chi connectivity index (χ4v) is 13.4. The summed E-state index contributed by atoms with van der Waals surface area (Å²) in [6.45, 7) is 23.9. The van der Waals surface area contributed by atoms with Crippen LogP contribution in [0.15, 0.2) is 115 Å². The first-order chi connectivity index (χ1) is 30.0. The Labute approximate surface area is 376 Å². The van der Waals surface area contributed by atoms with Gasteiger partial charge in [-0.2, -0.15) is 0 Å². The normalized spacial score (nSPS) is 16.7. The maximum Gasteiger partial charge on any atom is 0.333 e. The second-order valence-corrected chi connectivity index (χ2v) is 23.9. The average Bonchev–Trinajstić information content (AvgIpc) is 3.90. The molecule has 2 aromatic heterocycles. The van der Waals surface area contributed by atoms with Crippen molar-refractivity contribution in [3.63, 3.8) is 0 Å². The van der Waals surface area contributed by atoms with Gasteiger partial charge in [0, 0.05) is 53.6 Å². The maximum atomic E-state index is 2.74. The van der Waals surface area contributed by atoms with Crippen LogP contribution < -0.4 is 15.7 Å². The molecule has 2 aliphatic carbocycles. The van der Waals surface area contributed by atoms with Gasteiger partial charge in [0.25, 0.3) is 0 Å². The molecule has 0 amide bonds. The predicted octanol–water partition coefficient (Wildman–Crippen LogP) is 14.9. The number of nitrogens with zero attached hydrogens (tertiary/aromatic N) is 2. The predicted molar refractivity (Wildman–Crippen MR) is 274 cm³/mol. The highest BCUT2D eigenvalue weighted by Crippen LogP contribution is 2.53. The number of fused-ring (bicyclic) bond motifs is 15. The highest BCUT2D eigenvalue weighted by molar-refractivity contribution is 7.25. The second kappa shape index (κ2) is 12.2. The lowest BCUT2D eigenvalue weighted by Crippen LogP contribution is -2.60. The van der Waals surface area contributed by atoms with E-state index in [1.54, 1.807) is 11.1 Å². The first-order valence-electron chi connectivity index (χ1n) is 23.3. The van der Waals surface area contributed by atoms with Crippen LogP contribution in [0, 0.1) is 0 Å². The smallest absolute Gasteiger partial charge is 0.333 e. The number of rotatable bonds is 1. The number of benzene rings is 7. The van der Waals surface area contributed by atoms with Crippen LogP contribution in [0.1, 0.15) is 115 Å². The molecule has 0 fully saturated rings. The Balaban J connectivity index is 1.14. The van der Waals surface area contributed by atoms with Gasteiger partial charge in [0.1, 0.15) is 0 Å². The lowest BCUT2D eigenvalue weighted by molar-refractivity contribution is 0.332. The molecule has 63 heavy (non-hydrogen) atoms. The molecule has 0 saturated heterocycles. The molecule has 7 aromatic carbocycles. The van der Waals surface area contributed by atoms with E-state index in [4.69, 9.17) is 0 Å². The molecular weight excluding hydrogens is 780 g/mol. The van der Waals surface area contributed by atoms with Gasteiger partial charge in [0.2, 0.25) is 0 Å². The minimum atomic E-state index is -0.0107. The van der Waals surface area contributed by atoms with Crippen LogP contribution in [0.4, 0.5) is 11.4 Å². The fourth-order valence-electron chi connectivity index (χ4n) is 12.2. The first-order valence-corrected chi connectivity index (χ1v) is 24.1. The van der Waals surface area contributed by atoms with Gasteiger partial charge in [-0.15, -0.1) is 11.3 Å². The molecule has 0 spiro atoms. The van der Waals surface area contributed by atoms with Gasteiger partial charge in [-0.05, 0) is 150 Å². The Kier molecular flexibility index (Phi) is 7.32. The molecule has 0 N–H and O–H groups in total. The zero-order chi connectivity index (χ0) is 43.3. The van der Waals surface area contributed by atoms with Crippen LogP contribution >= 0.6 is 11.3 Å². The van der Waals surface area contributed by atoms with Crippen molar-refractivity contribution in [1.82, 2.24) is 4.57 Å². The third-order valence-electron chi connectivity index (χ3n) is 16.0. The van der Waals surface area contributed by atoms with Crippen LogP contribution in [-0.4, -0.2) is 11.4 Å². The molecule has 4 heterocycles. The standard InChI is InChI=1S/C59H55BN2S/c1-56(2,3)35-15-18-37(19-16-35)62-51-27-34-25-33-26-46-47(59(9,10)24-23-58(46,7)8)30-42(33)41(34)29-43(51)39-20-21-40-44-32-53-45(38-13-11-12-14-52(38)63-53)31-50(44)61-49-22-17-36(57(4,5)6)28-48(49)60(62)54(39)55(40)61/h11-22,26-32H,23-25H2,1-10H3. The van der Waals surface area contributed by atoms with E-state index in [1.165, 1.54) is 127 Å². The summed E-state index contributed by atoms with van der Waals surface area (Å²) >= 11 is 1.92. The lowest BCUT2D eigenvalue weighted by Gasteiger charge is -2.43. The van der Waals surface area contributed by atoms with Crippen molar-refractivity contribution >= 4 is 82.5 Å². The first kappa shape index (κ1) is 37.9. The lowest BCUT2D eigenvalue weighted by atomic mass is 9.43. The number of aromatic nitrogens is 1. The monoisotopic (exact) mass is 834 g/mol. The number of hydrogen-bond donors (Lipinski definition) is 0. The second-order valence-electron chi connectivity index (χ2n) is 22.8. The number of thiophene rings is 1. The molecule has 0 bridgehead atoms. The van der Waals surface area contributed by atoms with Gasteiger partial charge < -0.3 is 9.38 Å². The topological polar surface area (TPSA) is 8.17 Å². The molecule has 310 valence electrons. The van der Waals surface area contributed by atoms with Crippen molar-refractivity contribution < 1.29 is 0 Å². The van der Waals surface area contributed by atoms with E-state index in [-0.39, 0.29) is 28.5 Å². The highest BCUT2D eigenvalue weighted by atomic mass is 32.1. The van der Waals surface area contributed by atoms with Crippen molar-refractivity contribution in [3.05, 3.63) is 149 Å². The van der Waals surface area contributed by atoms with E-state index in [9.17, 15) is 0 Å². The average molecular weight is 835 g/mol. The molecule has 2 aliphatic heterocycles. The zero-order valence-corrected chi connectivity index (χ0v) is 39.3. The van der Waals surface area contributed by atoms with Crippen LogP contribution in [-0.2, 0) is 28.1 Å². The summed E-state index contributed by atoms with van der Waals surface area (Å²) in [6, 6.07) is 46.3. The quantitative estimate of drug-likeness (QED) is 0.150. The summed E-state index contributed by atoms with van der Waals surface area (Å²) in [4.78, 5) is 2.74. The summed E-state index contributed by atoms with van der Waals surface area (Å²) < 4.78 is 5.36. The Hall–Kier alpha value is -5.58. The van der Waals surface area contributed by atoms with Gasteiger partial charge in [0.15, 0.2) is 0 Å². The number of anilines is 2. The fraction of sp³-hybridized carbons (Fsp3) is 0.288. The summed E-state index contributed by atoms with van der Waals surface area (Å²) in [5.41, 5.74) is 24.0. The molecule has 0 radical (unpaired) electrons. The van der Waals surface area contributed by atoms with Gasteiger partial charge in [0.05, 0.1) is 11.0 Å². The van der Waals surface area contributed by atoms with Crippen LogP contribution in [0.2, 0.25) is 0 Å². The van der Waals surface area contributed by atoms with Gasteiger partial charge in [-0.1, -0.05) is 136 Å².